The summed E-state index contributed by atoms with van der Waals surface area (Å²) in [6.45, 7) is 2.25. The lowest BCUT2D eigenvalue weighted by atomic mass is 9.59. The van der Waals surface area contributed by atoms with Crippen LogP contribution in [0.2, 0.25) is 0 Å². The van der Waals surface area contributed by atoms with Gasteiger partial charge in [-0.2, -0.15) is 5.10 Å². The number of non-ortho nitro benzene ring substituents is 1. The molecule has 0 bridgehead atoms. The fraction of sp³-hybridized carbons (Fsp3) is 0.588. The van der Waals surface area contributed by atoms with Crippen molar-refractivity contribution in [3.63, 3.8) is 0 Å². The molecule has 0 spiro atoms. The lowest BCUT2D eigenvalue weighted by molar-refractivity contribution is -0.393. The second-order valence-corrected chi connectivity index (χ2v) is 7.14. The largest absolute Gasteiger partial charge is 0.301 e. The molecule has 0 aromatic heterocycles. The summed E-state index contributed by atoms with van der Waals surface area (Å²) in [6.07, 6.45) is 7.95. The van der Waals surface area contributed by atoms with E-state index in [1.54, 1.807) is 0 Å². The van der Waals surface area contributed by atoms with Gasteiger partial charge in [0.2, 0.25) is 0 Å². The molecule has 3 rings (SSSR count). The van der Waals surface area contributed by atoms with E-state index in [0.717, 1.165) is 31.0 Å². The highest BCUT2D eigenvalue weighted by molar-refractivity contribution is 5.91. The van der Waals surface area contributed by atoms with E-state index in [1.165, 1.54) is 37.8 Å². The number of anilines is 1. The molecule has 0 saturated heterocycles. The van der Waals surface area contributed by atoms with Gasteiger partial charge in [-0.25, -0.2) is 0 Å². The van der Waals surface area contributed by atoms with Crippen LogP contribution in [-0.4, -0.2) is 15.6 Å². The highest BCUT2D eigenvalue weighted by Crippen LogP contribution is 2.48. The van der Waals surface area contributed by atoms with Gasteiger partial charge in [-0.1, -0.05) is 19.8 Å². The van der Waals surface area contributed by atoms with Crippen LogP contribution in [0.5, 0.6) is 0 Å². The maximum atomic E-state index is 11.2. The Hall–Kier alpha value is -2.51. The van der Waals surface area contributed by atoms with E-state index in [1.807, 2.05) is 0 Å². The van der Waals surface area contributed by atoms with Crippen molar-refractivity contribution in [2.45, 2.75) is 51.9 Å². The van der Waals surface area contributed by atoms with Crippen molar-refractivity contribution in [1.29, 1.82) is 0 Å². The normalized spacial score (nSPS) is 27.6. The number of fused-ring (bicyclic) bond motifs is 1. The van der Waals surface area contributed by atoms with E-state index < -0.39 is 9.85 Å². The molecule has 8 nitrogen and oxygen atoms in total. The Morgan fingerprint density at radius 3 is 2.64 bits per heavy atom. The first-order valence-corrected chi connectivity index (χ1v) is 8.68. The number of rotatable bonds is 4. The van der Waals surface area contributed by atoms with Gasteiger partial charge in [-0.3, -0.25) is 25.7 Å². The minimum atomic E-state index is -0.641. The zero-order valence-electron chi connectivity index (χ0n) is 14.2. The van der Waals surface area contributed by atoms with Crippen molar-refractivity contribution in [3.05, 3.63) is 38.4 Å². The quantitative estimate of drug-likeness (QED) is 0.630. The number of hydrazone groups is 1. The Labute approximate surface area is 145 Å². The van der Waals surface area contributed by atoms with Crippen LogP contribution in [0.3, 0.4) is 0 Å². The van der Waals surface area contributed by atoms with Crippen LogP contribution in [0.1, 0.15) is 51.9 Å². The standard InChI is InChI=1S/C17H22N4O4/c1-17-10-3-2-5-12(17)6-4-7-16(17)19-18-14-9-8-13(20(22)23)11-15(14)21(24)25/h8-9,11-12,18H,2-7,10H2,1H3/b19-16+/t12-,17+/m0/s1. The van der Waals surface area contributed by atoms with Gasteiger partial charge in [-0.05, 0) is 44.1 Å². The molecule has 2 saturated carbocycles. The van der Waals surface area contributed by atoms with Crippen molar-refractivity contribution in [1.82, 2.24) is 0 Å². The van der Waals surface area contributed by atoms with Crippen LogP contribution in [-0.2, 0) is 0 Å². The van der Waals surface area contributed by atoms with E-state index in [2.05, 4.69) is 17.5 Å². The van der Waals surface area contributed by atoms with Crippen LogP contribution < -0.4 is 5.43 Å². The topological polar surface area (TPSA) is 111 Å². The summed E-state index contributed by atoms with van der Waals surface area (Å²) < 4.78 is 0. The third kappa shape index (κ3) is 3.33. The van der Waals surface area contributed by atoms with E-state index in [-0.39, 0.29) is 22.5 Å². The maximum absolute atomic E-state index is 11.2. The monoisotopic (exact) mass is 346 g/mol. The first kappa shape index (κ1) is 17.3. The number of nitro benzene ring substituents is 2. The Bertz CT molecular complexity index is 731. The number of benzene rings is 1. The first-order valence-electron chi connectivity index (χ1n) is 8.68. The molecule has 0 aliphatic heterocycles. The van der Waals surface area contributed by atoms with Crippen LogP contribution in [0.4, 0.5) is 17.1 Å². The predicted octanol–water partition coefficient (Wildman–Crippen LogP) is 4.65. The number of hydrogen-bond acceptors (Lipinski definition) is 6. The van der Waals surface area contributed by atoms with Crippen LogP contribution in [0.15, 0.2) is 23.3 Å². The summed E-state index contributed by atoms with van der Waals surface area (Å²) in [5, 5.41) is 26.6. The minimum Gasteiger partial charge on any atom is -0.272 e. The molecule has 1 aromatic rings. The van der Waals surface area contributed by atoms with Gasteiger partial charge in [0.05, 0.1) is 15.9 Å². The molecule has 0 heterocycles. The summed E-state index contributed by atoms with van der Waals surface area (Å²) in [7, 11) is 0. The molecular formula is C17H22N4O4. The average Bonchev–Trinajstić information content (AvgIpc) is 2.59. The van der Waals surface area contributed by atoms with Crippen molar-refractivity contribution in [3.8, 4) is 0 Å². The number of hydrogen-bond donors (Lipinski definition) is 1. The average molecular weight is 346 g/mol. The van der Waals surface area contributed by atoms with Crippen LogP contribution in [0.25, 0.3) is 0 Å². The molecule has 2 aliphatic carbocycles. The second-order valence-electron chi connectivity index (χ2n) is 7.14. The van der Waals surface area contributed by atoms with Gasteiger partial charge < -0.3 is 0 Å². The molecule has 134 valence electrons. The highest BCUT2D eigenvalue weighted by atomic mass is 16.6. The Morgan fingerprint density at radius 1 is 1.16 bits per heavy atom. The SMILES string of the molecule is C[C@@]12CCCC[C@H]1CCC/C2=N\Nc1ccc([N+](=O)[O-])cc1[N+](=O)[O-]. The summed E-state index contributed by atoms with van der Waals surface area (Å²) in [6, 6.07) is 3.57. The minimum absolute atomic E-state index is 0.0546. The first-order chi connectivity index (χ1) is 11.9. The Kier molecular flexibility index (Phi) is 4.69. The molecule has 2 fully saturated rings. The van der Waals surface area contributed by atoms with Gasteiger partial charge in [-0.15, -0.1) is 0 Å². The molecule has 0 unspecified atom stereocenters. The lowest BCUT2D eigenvalue weighted by Crippen LogP contribution is -2.42. The van der Waals surface area contributed by atoms with Gasteiger partial charge in [0.1, 0.15) is 5.69 Å². The van der Waals surface area contributed by atoms with Crippen molar-refractivity contribution in [2.24, 2.45) is 16.4 Å². The van der Waals surface area contributed by atoms with Gasteiger partial charge in [0.15, 0.2) is 0 Å². The molecular weight excluding hydrogens is 324 g/mol. The number of nitrogens with zero attached hydrogens (tertiary/aromatic N) is 3. The highest BCUT2D eigenvalue weighted by Gasteiger charge is 2.42. The van der Waals surface area contributed by atoms with Crippen molar-refractivity contribution in [2.75, 3.05) is 5.43 Å². The Balaban J connectivity index is 1.88. The summed E-state index contributed by atoms with van der Waals surface area (Å²) in [4.78, 5) is 20.8. The van der Waals surface area contributed by atoms with Crippen LogP contribution in [0, 0.1) is 31.6 Å². The molecule has 1 N–H and O–H groups in total. The summed E-state index contributed by atoms with van der Waals surface area (Å²) >= 11 is 0. The zero-order chi connectivity index (χ0) is 18.0. The summed E-state index contributed by atoms with van der Waals surface area (Å²) in [5.74, 6) is 0.627. The molecule has 1 aromatic carbocycles. The molecule has 25 heavy (non-hydrogen) atoms. The summed E-state index contributed by atoms with van der Waals surface area (Å²) in [5.41, 5.74) is 3.48. The van der Waals surface area contributed by atoms with E-state index in [9.17, 15) is 20.2 Å². The van der Waals surface area contributed by atoms with E-state index in [4.69, 9.17) is 0 Å². The van der Waals surface area contributed by atoms with Crippen LogP contribution >= 0.6 is 0 Å². The molecule has 2 atom stereocenters. The third-order valence-corrected chi connectivity index (χ3v) is 5.73. The number of nitrogens with one attached hydrogen (secondary N) is 1. The molecule has 0 radical (unpaired) electrons. The molecule has 2 aliphatic rings. The smallest absolute Gasteiger partial charge is 0.272 e. The molecule has 8 heteroatoms. The lowest BCUT2D eigenvalue weighted by Gasteiger charge is -2.45. The zero-order valence-corrected chi connectivity index (χ0v) is 14.2. The van der Waals surface area contributed by atoms with Crippen molar-refractivity contribution >= 4 is 22.8 Å². The van der Waals surface area contributed by atoms with E-state index in [0.29, 0.717) is 5.92 Å². The third-order valence-electron chi connectivity index (χ3n) is 5.73. The van der Waals surface area contributed by atoms with Crippen molar-refractivity contribution < 1.29 is 9.85 Å². The van der Waals surface area contributed by atoms with Gasteiger partial charge in [0, 0.05) is 17.2 Å². The fourth-order valence-corrected chi connectivity index (χ4v) is 4.24. The van der Waals surface area contributed by atoms with Gasteiger partial charge in [0.25, 0.3) is 5.69 Å². The fourth-order valence-electron chi connectivity index (χ4n) is 4.24. The maximum Gasteiger partial charge on any atom is 0.301 e. The second kappa shape index (κ2) is 6.78. The Morgan fingerprint density at radius 2 is 1.92 bits per heavy atom. The van der Waals surface area contributed by atoms with Gasteiger partial charge >= 0.3 is 5.69 Å². The van der Waals surface area contributed by atoms with E-state index >= 15 is 0 Å². The molecule has 0 amide bonds. The predicted molar refractivity (Wildman–Crippen MR) is 94.7 cm³/mol. The number of nitro groups is 2.